The summed E-state index contributed by atoms with van der Waals surface area (Å²) in [6.07, 6.45) is 3.60. The van der Waals surface area contributed by atoms with Crippen molar-refractivity contribution < 1.29 is 9.53 Å². The Morgan fingerprint density at radius 2 is 2.48 bits per heavy atom. The van der Waals surface area contributed by atoms with Crippen LogP contribution in [0.3, 0.4) is 0 Å². The number of ether oxygens (including phenoxy) is 1. The Morgan fingerprint density at radius 1 is 1.61 bits per heavy atom. The van der Waals surface area contributed by atoms with Crippen LogP contribution in [0.25, 0.3) is 10.7 Å². The Kier molecular flexibility index (Phi) is 5.24. The Labute approximate surface area is 143 Å². The number of nitrogens with zero attached hydrogens (tertiary/aromatic N) is 2. The molecule has 2 atom stereocenters. The molecule has 2 unspecified atom stereocenters. The third kappa shape index (κ3) is 3.70. The molecule has 23 heavy (non-hydrogen) atoms. The van der Waals surface area contributed by atoms with E-state index in [4.69, 9.17) is 17.0 Å². The van der Waals surface area contributed by atoms with E-state index >= 15 is 0 Å². The Morgan fingerprint density at radius 3 is 3.22 bits per heavy atom. The van der Waals surface area contributed by atoms with E-state index < -0.39 is 0 Å². The smallest absolute Gasteiger partial charge is 0.222 e. The van der Waals surface area contributed by atoms with Crippen molar-refractivity contribution in [2.45, 2.75) is 44.4 Å². The molecule has 0 radical (unpaired) electrons. The highest BCUT2D eigenvalue weighted by atomic mass is 32.1. The molecule has 1 amide bonds. The molecule has 8 heteroatoms. The molecule has 1 fully saturated rings. The number of rotatable bonds is 6. The van der Waals surface area contributed by atoms with Crippen LogP contribution < -0.4 is 5.32 Å². The zero-order chi connectivity index (χ0) is 16.2. The van der Waals surface area contributed by atoms with E-state index in [0.717, 1.165) is 30.0 Å². The predicted molar refractivity (Wildman–Crippen MR) is 91.9 cm³/mol. The van der Waals surface area contributed by atoms with Crippen LogP contribution >= 0.6 is 23.6 Å². The average molecular weight is 352 g/mol. The normalized spacial score (nSPS) is 20.7. The first kappa shape index (κ1) is 16.4. The molecule has 2 N–H and O–H groups in total. The van der Waals surface area contributed by atoms with Crippen molar-refractivity contribution in [2.75, 3.05) is 7.11 Å². The molecule has 1 saturated carbocycles. The lowest BCUT2D eigenvalue weighted by atomic mass is 10.2. The van der Waals surface area contributed by atoms with Gasteiger partial charge >= 0.3 is 0 Å². The van der Waals surface area contributed by atoms with Gasteiger partial charge in [0.25, 0.3) is 0 Å². The standard InChI is InChI=1S/C15H20N4O2S2/c1-21-11-5-2-4-10(11)16-13(20)7-8-19-14(17-18-15(19)22)12-6-3-9-23-12/h3,6,9-11H,2,4-5,7-8H2,1H3,(H,16,20)(H,18,22). The van der Waals surface area contributed by atoms with Crippen LogP contribution in [0, 0.1) is 4.77 Å². The second-order valence-corrected chi connectivity index (χ2v) is 6.94. The van der Waals surface area contributed by atoms with Gasteiger partial charge in [0.1, 0.15) is 0 Å². The third-order valence-electron chi connectivity index (χ3n) is 4.16. The summed E-state index contributed by atoms with van der Waals surface area (Å²) < 4.78 is 7.83. The Bertz CT molecular complexity index is 707. The van der Waals surface area contributed by atoms with Crippen LogP contribution in [-0.2, 0) is 16.1 Å². The summed E-state index contributed by atoms with van der Waals surface area (Å²) in [7, 11) is 1.70. The van der Waals surface area contributed by atoms with Crippen LogP contribution in [0.2, 0.25) is 0 Å². The number of carbonyl (C=O) groups is 1. The molecule has 1 aliphatic rings. The SMILES string of the molecule is COC1CCCC1NC(=O)CCn1c(-c2cccs2)n[nH]c1=S. The van der Waals surface area contributed by atoms with Crippen molar-refractivity contribution in [3.8, 4) is 10.7 Å². The number of H-pyrrole nitrogens is 1. The molecule has 0 bridgehead atoms. The number of nitrogens with one attached hydrogen (secondary N) is 2. The molecule has 0 saturated heterocycles. The van der Waals surface area contributed by atoms with E-state index in [2.05, 4.69) is 15.5 Å². The van der Waals surface area contributed by atoms with Crippen molar-refractivity contribution >= 4 is 29.5 Å². The highest BCUT2D eigenvalue weighted by Gasteiger charge is 2.28. The molecular weight excluding hydrogens is 332 g/mol. The van der Waals surface area contributed by atoms with Gasteiger partial charge in [0.2, 0.25) is 5.91 Å². The predicted octanol–water partition coefficient (Wildman–Crippen LogP) is 2.74. The van der Waals surface area contributed by atoms with Gasteiger partial charge in [-0.3, -0.25) is 14.5 Å². The van der Waals surface area contributed by atoms with E-state index in [9.17, 15) is 4.79 Å². The summed E-state index contributed by atoms with van der Waals surface area (Å²) >= 11 is 6.88. The van der Waals surface area contributed by atoms with Gasteiger partial charge in [0.05, 0.1) is 17.0 Å². The van der Waals surface area contributed by atoms with E-state index in [0.29, 0.717) is 17.7 Å². The van der Waals surface area contributed by atoms with Crippen LogP contribution in [0.4, 0.5) is 0 Å². The number of aromatic nitrogens is 3. The lowest BCUT2D eigenvalue weighted by Crippen LogP contribution is -2.41. The van der Waals surface area contributed by atoms with Gasteiger partial charge in [-0.2, -0.15) is 5.10 Å². The van der Waals surface area contributed by atoms with Crippen LogP contribution in [0.15, 0.2) is 17.5 Å². The minimum Gasteiger partial charge on any atom is -0.379 e. The molecule has 124 valence electrons. The maximum Gasteiger partial charge on any atom is 0.222 e. The zero-order valence-electron chi connectivity index (χ0n) is 12.9. The first-order chi connectivity index (χ1) is 11.2. The molecule has 1 aliphatic carbocycles. The third-order valence-corrected chi connectivity index (χ3v) is 5.34. The summed E-state index contributed by atoms with van der Waals surface area (Å²) in [6, 6.07) is 4.09. The second-order valence-electron chi connectivity index (χ2n) is 5.61. The van der Waals surface area contributed by atoms with Gasteiger partial charge in [-0.1, -0.05) is 6.07 Å². The second kappa shape index (κ2) is 7.37. The first-order valence-corrected chi connectivity index (χ1v) is 8.99. The number of thiophene rings is 1. The maximum absolute atomic E-state index is 12.2. The van der Waals surface area contributed by atoms with Crippen molar-refractivity contribution in [3.05, 3.63) is 22.3 Å². The number of carbonyl (C=O) groups excluding carboxylic acids is 1. The van der Waals surface area contributed by atoms with Crippen molar-refractivity contribution in [1.29, 1.82) is 0 Å². The first-order valence-electron chi connectivity index (χ1n) is 7.70. The highest BCUT2D eigenvalue weighted by molar-refractivity contribution is 7.71. The minimum absolute atomic E-state index is 0.0270. The van der Waals surface area contributed by atoms with Crippen LogP contribution in [-0.4, -0.2) is 39.9 Å². The lowest BCUT2D eigenvalue weighted by molar-refractivity contribution is -0.122. The largest absolute Gasteiger partial charge is 0.379 e. The van der Waals surface area contributed by atoms with Gasteiger partial charge in [0, 0.05) is 20.1 Å². The number of amides is 1. The minimum atomic E-state index is 0.0270. The van der Waals surface area contributed by atoms with Gasteiger partial charge < -0.3 is 10.1 Å². The molecule has 0 spiro atoms. The molecular formula is C15H20N4O2S2. The van der Waals surface area contributed by atoms with Gasteiger partial charge in [0.15, 0.2) is 10.6 Å². The van der Waals surface area contributed by atoms with Crippen molar-refractivity contribution in [1.82, 2.24) is 20.1 Å². The highest BCUT2D eigenvalue weighted by Crippen LogP contribution is 2.23. The van der Waals surface area contributed by atoms with E-state index in [1.165, 1.54) is 0 Å². The molecule has 2 aromatic heterocycles. The monoisotopic (exact) mass is 352 g/mol. The summed E-state index contributed by atoms with van der Waals surface area (Å²) in [5.41, 5.74) is 0. The fourth-order valence-electron chi connectivity index (χ4n) is 2.98. The van der Waals surface area contributed by atoms with E-state index in [1.54, 1.807) is 18.4 Å². The summed E-state index contributed by atoms with van der Waals surface area (Å²) in [5, 5.41) is 12.2. The summed E-state index contributed by atoms with van der Waals surface area (Å²) in [6.45, 7) is 0.513. The molecule has 0 aromatic carbocycles. The fraction of sp³-hybridized carbons (Fsp3) is 0.533. The topological polar surface area (TPSA) is 71.9 Å². The molecule has 2 heterocycles. The van der Waals surface area contributed by atoms with Gasteiger partial charge in [-0.15, -0.1) is 11.3 Å². The molecule has 0 aliphatic heterocycles. The average Bonchev–Trinajstić information content (AvgIpc) is 3.25. The molecule has 2 aromatic rings. The number of aromatic amines is 1. The molecule has 6 nitrogen and oxygen atoms in total. The fourth-order valence-corrected chi connectivity index (χ4v) is 3.93. The Balaban J connectivity index is 1.61. The molecule has 3 rings (SSSR count). The van der Waals surface area contributed by atoms with Gasteiger partial charge in [-0.05, 0) is 42.9 Å². The van der Waals surface area contributed by atoms with Crippen LogP contribution in [0.1, 0.15) is 25.7 Å². The van der Waals surface area contributed by atoms with Gasteiger partial charge in [-0.25, -0.2) is 0 Å². The lowest BCUT2D eigenvalue weighted by Gasteiger charge is -2.19. The maximum atomic E-state index is 12.2. The quantitative estimate of drug-likeness (QED) is 0.784. The Hall–Kier alpha value is -1.51. The number of methoxy groups -OCH3 is 1. The number of hydrogen-bond donors (Lipinski definition) is 2. The van der Waals surface area contributed by atoms with Crippen LogP contribution in [0.5, 0.6) is 0 Å². The van der Waals surface area contributed by atoms with Crippen molar-refractivity contribution in [3.63, 3.8) is 0 Å². The zero-order valence-corrected chi connectivity index (χ0v) is 14.6. The summed E-state index contributed by atoms with van der Waals surface area (Å²) in [4.78, 5) is 13.3. The number of hydrogen-bond acceptors (Lipinski definition) is 5. The van der Waals surface area contributed by atoms with E-state index in [-0.39, 0.29) is 18.1 Å². The van der Waals surface area contributed by atoms with Crippen molar-refractivity contribution in [2.24, 2.45) is 0 Å². The summed E-state index contributed by atoms with van der Waals surface area (Å²) in [5.74, 6) is 0.813. The van der Waals surface area contributed by atoms with E-state index in [1.807, 2.05) is 22.1 Å².